The summed E-state index contributed by atoms with van der Waals surface area (Å²) < 4.78 is 31.3. The van der Waals surface area contributed by atoms with Gasteiger partial charge in [0.25, 0.3) is 0 Å². The number of ether oxygens (including phenoxy) is 1. The fourth-order valence-electron chi connectivity index (χ4n) is 1.48. The Kier molecular flexibility index (Phi) is 3.45. The molecule has 1 aliphatic heterocycles. The van der Waals surface area contributed by atoms with Gasteiger partial charge in [-0.2, -0.15) is 0 Å². The van der Waals surface area contributed by atoms with Crippen molar-refractivity contribution in [1.29, 1.82) is 0 Å². The molecular weight excluding hydrogens is 278 g/mol. The van der Waals surface area contributed by atoms with E-state index in [9.17, 15) is 13.2 Å². The first-order valence-electron chi connectivity index (χ1n) is 5.22. The zero-order chi connectivity index (χ0) is 13.4. The largest absolute Gasteiger partial charge is 0.477 e. The molecule has 0 radical (unpaired) electrons. The van der Waals surface area contributed by atoms with Crippen LogP contribution in [0.4, 0.5) is 0 Å². The molecule has 1 saturated heterocycles. The standard InChI is InChI=1S/C10H13NO5S2/c1-10(5-16-6-10)4-11-18(14,15)7-2-8(9(12)13)17-3-7/h2-3,11H,4-6H2,1H3,(H,12,13). The first kappa shape index (κ1) is 13.5. The summed E-state index contributed by atoms with van der Waals surface area (Å²) in [5.74, 6) is -1.12. The molecule has 0 saturated carbocycles. The maximum absolute atomic E-state index is 11.9. The Balaban J connectivity index is 2.07. The number of sulfonamides is 1. The van der Waals surface area contributed by atoms with Crippen molar-refractivity contribution in [2.45, 2.75) is 11.8 Å². The van der Waals surface area contributed by atoms with E-state index in [0.29, 0.717) is 13.2 Å². The van der Waals surface area contributed by atoms with Crippen molar-refractivity contribution in [2.75, 3.05) is 19.8 Å². The van der Waals surface area contributed by atoms with E-state index in [1.54, 1.807) is 0 Å². The summed E-state index contributed by atoms with van der Waals surface area (Å²) in [7, 11) is -3.64. The van der Waals surface area contributed by atoms with Crippen LogP contribution in [-0.2, 0) is 14.8 Å². The van der Waals surface area contributed by atoms with Gasteiger partial charge in [-0.3, -0.25) is 0 Å². The molecule has 0 aromatic carbocycles. The third-order valence-electron chi connectivity index (χ3n) is 2.69. The number of rotatable bonds is 5. The number of hydrogen-bond donors (Lipinski definition) is 2. The third-order valence-corrected chi connectivity index (χ3v) is 5.13. The smallest absolute Gasteiger partial charge is 0.345 e. The Morgan fingerprint density at radius 2 is 2.28 bits per heavy atom. The number of carbonyl (C=O) groups is 1. The SMILES string of the molecule is CC1(CNS(=O)(=O)c2csc(C(=O)O)c2)COC1. The van der Waals surface area contributed by atoms with Gasteiger partial charge in [-0.1, -0.05) is 6.92 Å². The van der Waals surface area contributed by atoms with E-state index >= 15 is 0 Å². The second kappa shape index (κ2) is 4.61. The number of carboxylic acid groups (broad SMARTS) is 1. The lowest BCUT2D eigenvalue weighted by Gasteiger charge is -2.37. The molecule has 100 valence electrons. The fraction of sp³-hybridized carbons (Fsp3) is 0.500. The maximum Gasteiger partial charge on any atom is 0.345 e. The van der Waals surface area contributed by atoms with E-state index in [1.165, 1.54) is 5.38 Å². The summed E-state index contributed by atoms with van der Waals surface area (Å²) in [6, 6.07) is 1.16. The van der Waals surface area contributed by atoms with Crippen molar-refractivity contribution in [1.82, 2.24) is 4.72 Å². The van der Waals surface area contributed by atoms with Gasteiger partial charge in [-0.05, 0) is 6.07 Å². The van der Waals surface area contributed by atoms with Gasteiger partial charge in [-0.15, -0.1) is 11.3 Å². The highest BCUT2D eigenvalue weighted by molar-refractivity contribution is 7.89. The minimum absolute atomic E-state index is 0.00579. The summed E-state index contributed by atoms with van der Waals surface area (Å²) in [5.41, 5.74) is -0.168. The first-order valence-corrected chi connectivity index (χ1v) is 7.58. The molecule has 2 heterocycles. The van der Waals surface area contributed by atoms with E-state index in [0.717, 1.165) is 17.4 Å². The van der Waals surface area contributed by atoms with Crippen molar-refractivity contribution in [2.24, 2.45) is 5.41 Å². The lowest BCUT2D eigenvalue weighted by molar-refractivity contribution is -0.0965. The molecule has 0 bridgehead atoms. The van der Waals surface area contributed by atoms with E-state index < -0.39 is 16.0 Å². The van der Waals surface area contributed by atoms with Gasteiger partial charge < -0.3 is 9.84 Å². The molecule has 0 amide bonds. The topological polar surface area (TPSA) is 92.7 Å². The highest BCUT2D eigenvalue weighted by Gasteiger charge is 2.34. The number of hydrogen-bond acceptors (Lipinski definition) is 5. The minimum Gasteiger partial charge on any atom is -0.477 e. The van der Waals surface area contributed by atoms with Crippen LogP contribution in [0, 0.1) is 5.41 Å². The number of nitrogens with one attached hydrogen (secondary N) is 1. The average molecular weight is 291 g/mol. The van der Waals surface area contributed by atoms with Crippen LogP contribution in [-0.4, -0.2) is 39.3 Å². The van der Waals surface area contributed by atoms with E-state index in [4.69, 9.17) is 9.84 Å². The molecule has 2 rings (SSSR count). The van der Waals surface area contributed by atoms with Crippen molar-refractivity contribution >= 4 is 27.3 Å². The van der Waals surface area contributed by atoms with Gasteiger partial charge in [0.05, 0.1) is 18.1 Å². The lowest BCUT2D eigenvalue weighted by Crippen LogP contribution is -2.48. The van der Waals surface area contributed by atoms with Crippen molar-refractivity contribution in [3.63, 3.8) is 0 Å². The quantitative estimate of drug-likeness (QED) is 0.835. The van der Waals surface area contributed by atoms with Crippen LogP contribution in [0.5, 0.6) is 0 Å². The molecule has 6 nitrogen and oxygen atoms in total. The normalized spacial score (nSPS) is 18.3. The summed E-state index contributed by atoms with van der Waals surface area (Å²) in [6.45, 7) is 3.27. The predicted molar refractivity (Wildman–Crippen MR) is 65.4 cm³/mol. The predicted octanol–water partition coefficient (Wildman–Crippen LogP) is 0.761. The molecule has 18 heavy (non-hydrogen) atoms. The number of carboxylic acids is 1. The van der Waals surface area contributed by atoms with Crippen LogP contribution < -0.4 is 4.72 Å². The average Bonchev–Trinajstić information content (AvgIpc) is 2.73. The summed E-state index contributed by atoms with van der Waals surface area (Å²) in [6.07, 6.45) is 0. The van der Waals surface area contributed by atoms with Gasteiger partial charge >= 0.3 is 5.97 Å². The molecule has 0 atom stereocenters. The van der Waals surface area contributed by atoms with Gasteiger partial charge in [0.15, 0.2) is 0 Å². The Bertz CT molecular complexity index is 559. The summed E-state index contributed by atoms with van der Waals surface area (Å²) >= 11 is 0.894. The fourth-order valence-corrected chi connectivity index (χ4v) is 3.79. The Hall–Kier alpha value is -0.960. The molecular formula is C10H13NO5S2. The monoisotopic (exact) mass is 291 g/mol. The lowest BCUT2D eigenvalue weighted by atomic mass is 9.89. The first-order chi connectivity index (χ1) is 8.32. The van der Waals surface area contributed by atoms with Crippen molar-refractivity contribution in [3.05, 3.63) is 16.3 Å². The van der Waals surface area contributed by atoms with Crippen LogP contribution in [0.2, 0.25) is 0 Å². The number of aromatic carboxylic acids is 1. The molecule has 1 aromatic heterocycles. The van der Waals surface area contributed by atoms with Crippen molar-refractivity contribution in [3.8, 4) is 0 Å². The molecule has 0 spiro atoms. The van der Waals surface area contributed by atoms with Gasteiger partial charge in [0, 0.05) is 17.3 Å². The molecule has 2 N–H and O–H groups in total. The Labute approximate surface area is 109 Å². The third kappa shape index (κ3) is 2.72. The van der Waals surface area contributed by atoms with Gasteiger partial charge in [-0.25, -0.2) is 17.9 Å². The molecule has 8 heteroatoms. The maximum atomic E-state index is 11.9. The van der Waals surface area contributed by atoms with Gasteiger partial charge in [0.1, 0.15) is 4.88 Å². The second-order valence-corrected chi connectivity index (χ2v) is 7.26. The van der Waals surface area contributed by atoms with E-state index in [2.05, 4.69) is 4.72 Å². The Morgan fingerprint density at radius 3 is 2.72 bits per heavy atom. The highest BCUT2D eigenvalue weighted by Crippen LogP contribution is 2.26. The zero-order valence-corrected chi connectivity index (χ0v) is 11.3. The van der Waals surface area contributed by atoms with Crippen molar-refractivity contribution < 1.29 is 23.1 Å². The molecule has 1 aromatic rings. The van der Waals surface area contributed by atoms with E-state index in [-0.39, 0.29) is 21.7 Å². The van der Waals surface area contributed by atoms with Crippen LogP contribution >= 0.6 is 11.3 Å². The Morgan fingerprint density at radius 1 is 1.61 bits per heavy atom. The van der Waals surface area contributed by atoms with E-state index in [1.807, 2.05) is 6.92 Å². The van der Waals surface area contributed by atoms with Crippen LogP contribution in [0.3, 0.4) is 0 Å². The second-order valence-electron chi connectivity index (χ2n) is 4.58. The molecule has 1 fully saturated rings. The number of thiophene rings is 1. The van der Waals surface area contributed by atoms with Crippen LogP contribution in [0.25, 0.3) is 0 Å². The zero-order valence-electron chi connectivity index (χ0n) is 9.67. The van der Waals surface area contributed by atoms with Gasteiger partial charge in [0.2, 0.25) is 10.0 Å². The molecule has 1 aliphatic rings. The summed E-state index contributed by atoms with van der Waals surface area (Å²) in [4.78, 5) is 10.7. The molecule has 0 unspecified atom stereocenters. The molecule has 0 aliphatic carbocycles. The van der Waals surface area contributed by atoms with Crippen LogP contribution in [0.1, 0.15) is 16.6 Å². The highest BCUT2D eigenvalue weighted by atomic mass is 32.2. The minimum atomic E-state index is -3.64. The summed E-state index contributed by atoms with van der Waals surface area (Å²) in [5, 5.41) is 10.1. The van der Waals surface area contributed by atoms with Crippen LogP contribution in [0.15, 0.2) is 16.3 Å².